The molecular formula is C20H15FN2. The molecule has 2 nitrogen and oxygen atoms in total. The Bertz CT molecular complexity index is 924. The molecule has 0 N–H and O–H groups in total. The van der Waals surface area contributed by atoms with Gasteiger partial charge in [-0.2, -0.15) is 5.26 Å². The van der Waals surface area contributed by atoms with Crippen LogP contribution in [0.5, 0.6) is 0 Å². The van der Waals surface area contributed by atoms with E-state index < -0.39 is 0 Å². The molecule has 3 rings (SSSR count). The molecule has 3 aromatic rings. The van der Waals surface area contributed by atoms with Gasteiger partial charge in [0.25, 0.3) is 0 Å². The Kier molecular flexibility index (Phi) is 4.07. The summed E-state index contributed by atoms with van der Waals surface area (Å²) >= 11 is 0. The second kappa shape index (κ2) is 6.33. The summed E-state index contributed by atoms with van der Waals surface area (Å²) in [6.07, 6.45) is 5.69. The van der Waals surface area contributed by atoms with Crippen LogP contribution in [-0.2, 0) is 6.54 Å². The minimum atomic E-state index is -0.311. The summed E-state index contributed by atoms with van der Waals surface area (Å²) in [5.41, 5.74) is 3.26. The highest BCUT2D eigenvalue weighted by molar-refractivity contribution is 5.98. The average Bonchev–Trinajstić information content (AvgIpc) is 2.92. The first kappa shape index (κ1) is 14.8. The van der Waals surface area contributed by atoms with Crippen molar-refractivity contribution in [2.24, 2.45) is 0 Å². The monoisotopic (exact) mass is 302 g/mol. The normalized spacial score (nSPS) is 11.4. The highest BCUT2D eigenvalue weighted by Gasteiger charge is 2.08. The number of nitrogens with zero attached hydrogens (tertiary/aromatic N) is 2. The fourth-order valence-electron chi connectivity index (χ4n) is 2.65. The van der Waals surface area contributed by atoms with E-state index in [9.17, 15) is 9.65 Å². The molecule has 0 atom stereocenters. The lowest BCUT2D eigenvalue weighted by atomic mass is 10.0. The molecule has 0 saturated carbocycles. The summed E-state index contributed by atoms with van der Waals surface area (Å²) < 4.78 is 15.2. The van der Waals surface area contributed by atoms with Crippen molar-refractivity contribution in [1.82, 2.24) is 4.57 Å². The number of para-hydroxylation sites is 1. The number of benzene rings is 2. The van der Waals surface area contributed by atoms with E-state index in [2.05, 4.69) is 17.2 Å². The quantitative estimate of drug-likeness (QED) is 0.491. The van der Waals surface area contributed by atoms with Crippen molar-refractivity contribution in [2.75, 3.05) is 0 Å². The minimum absolute atomic E-state index is 0.311. The van der Waals surface area contributed by atoms with Crippen LogP contribution in [0.15, 0.2) is 67.4 Å². The van der Waals surface area contributed by atoms with Gasteiger partial charge in [0.15, 0.2) is 0 Å². The number of halogens is 1. The number of aromatic nitrogens is 1. The van der Waals surface area contributed by atoms with Crippen molar-refractivity contribution < 1.29 is 4.39 Å². The standard InChI is InChI=1S/C20H15FN2/c1-2-11-23-14-17(19-5-3-4-6-20(19)23)12-16(13-22)15-7-9-18(21)10-8-15/h2-10,12,14H,1,11H2/b16-12+. The number of nitriles is 1. The Balaban J connectivity index is 2.13. The SMILES string of the molecule is C=CCn1cc(/C=C(\C#N)c2ccc(F)cc2)c2ccccc21. The zero-order valence-corrected chi connectivity index (χ0v) is 12.5. The second-order valence-corrected chi connectivity index (χ2v) is 5.22. The van der Waals surface area contributed by atoms with E-state index in [1.165, 1.54) is 12.1 Å². The first-order chi connectivity index (χ1) is 11.2. The molecule has 0 spiro atoms. The van der Waals surface area contributed by atoms with Gasteiger partial charge in [0.1, 0.15) is 5.82 Å². The zero-order chi connectivity index (χ0) is 16.2. The van der Waals surface area contributed by atoms with Crippen molar-refractivity contribution in [3.8, 4) is 6.07 Å². The van der Waals surface area contributed by atoms with E-state index in [4.69, 9.17) is 0 Å². The lowest BCUT2D eigenvalue weighted by molar-refractivity contribution is 0.627. The third-order valence-electron chi connectivity index (χ3n) is 3.72. The summed E-state index contributed by atoms with van der Waals surface area (Å²) in [7, 11) is 0. The topological polar surface area (TPSA) is 28.7 Å². The summed E-state index contributed by atoms with van der Waals surface area (Å²) in [6, 6.07) is 16.2. The van der Waals surface area contributed by atoms with Gasteiger partial charge in [0.05, 0.1) is 11.6 Å². The van der Waals surface area contributed by atoms with Crippen LogP contribution in [0.1, 0.15) is 11.1 Å². The molecule has 0 unspecified atom stereocenters. The smallest absolute Gasteiger partial charge is 0.123 e. The molecule has 2 aromatic carbocycles. The van der Waals surface area contributed by atoms with Crippen LogP contribution in [0.3, 0.4) is 0 Å². The Labute approximate surface area is 134 Å². The maximum Gasteiger partial charge on any atom is 0.123 e. The van der Waals surface area contributed by atoms with E-state index in [1.54, 1.807) is 12.1 Å². The van der Waals surface area contributed by atoms with Gasteiger partial charge in [-0.05, 0) is 29.8 Å². The largest absolute Gasteiger partial charge is 0.343 e. The molecular weight excluding hydrogens is 287 g/mol. The molecule has 0 aliphatic carbocycles. The van der Waals surface area contributed by atoms with E-state index >= 15 is 0 Å². The first-order valence-corrected chi connectivity index (χ1v) is 7.29. The van der Waals surface area contributed by atoms with Crippen LogP contribution in [-0.4, -0.2) is 4.57 Å². The summed E-state index contributed by atoms with van der Waals surface area (Å²) in [6.45, 7) is 4.48. The van der Waals surface area contributed by atoms with Crippen molar-refractivity contribution in [2.45, 2.75) is 6.54 Å². The van der Waals surface area contributed by atoms with Gasteiger partial charge in [-0.1, -0.05) is 36.4 Å². The molecule has 0 bridgehead atoms. The van der Waals surface area contributed by atoms with Crippen LogP contribution < -0.4 is 0 Å². The molecule has 0 saturated heterocycles. The van der Waals surface area contributed by atoms with Crippen LogP contribution in [0.2, 0.25) is 0 Å². The second-order valence-electron chi connectivity index (χ2n) is 5.22. The maximum atomic E-state index is 13.1. The molecule has 0 aliphatic rings. The zero-order valence-electron chi connectivity index (χ0n) is 12.5. The van der Waals surface area contributed by atoms with E-state index in [1.807, 2.05) is 42.6 Å². The number of hydrogen-bond acceptors (Lipinski definition) is 1. The fraction of sp³-hybridized carbons (Fsp3) is 0.0500. The van der Waals surface area contributed by atoms with Crippen molar-refractivity contribution in [3.63, 3.8) is 0 Å². The lowest BCUT2D eigenvalue weighted by Gasteiger charge is -1.99. The number of fused-ring (bicyclic) bond motifs is 1. The molecule has 3 heteroatoms. The Morgan fingerprint density at radius 2 is 1.91 bits per heavy atom. The molecule has 1 heterocycles. The summed E-state index contributed by atoms with van der Waals surface area (Å²) in [5, 5.41) is 10.5. The number of hydrogen-bond donors (Lipinski definition) is 0. The Hall–Kier alpha value is -3.12. The average molecular weight is 302 g/mol. The number of allylic oxidation sites excluding steroid dienone is 2. The van der Waals surface area contributed by atoms with Gasteiger partial charge < -0.3 is 4.57 Å². The molecule has 0 fully saturated rings. The fourth-order valence-corrected chi connectivity index (χ4v) is 2.65. The third kappa shape index (κ3) is 2.93. The van der Waals surface area contributed by atoms with Crippen molar-refractivity contribution in [1.29, 1.82) is 5.26 Å². The van der Waals surface area contributed by atoms with E-state index in [0.29, 0.717) is 17.7 Å². The maximum absolute atomic E-state index is 13.1. The summed E-state index contributed by atoms with van der Waals surface area (Å²) in [4.78, 5) is 0. The Morgan fingerprint density at radius 1 is 1.17 bits per heavy atom. The molecule has 23 heavy (non-hydrogen) atoms. The van der Waals surface area contributed by atoms with E-state index in [-0.39, 0.29) is 5.82 Å². The lowest BCUT2D eigenvalue weighted by Crippen LogP contribution is -1.91. The third-order valence-corrected chi connectivity index (χ3v) is 3.72. The summed E-state index contributed by atoms with van der Waals surface area (Å²) in [5.74, 6) is -0.311. The van der Waals surface area contributed by atoms with Gasteiger partial charge in [-0.25, -0.2) is 4.39 Å². The minimum Gasteiger partial charge on any atom is -0.343 e. The van der Waals surface area contributed by atoms with Crippen LogP contribution in [0.4, 0.5) is 4.39 Å². The van der Waals surface area contributed by atoms with E-state index in [0.717, 1.165) is 16.5 Å². The van der Waals surface area contributed by atoms with Gasteiger partial charge in [0.2, 0.25) is 0 Å². The Morgan fingerprint density at radius 3 is 2.61 bits per heavy atom. The highest BCUT2D eigenvalue weighted by atomic mass is 19.1. The van der Waals surface area contributed by atoms with Gasteiger partial charge in [0, 0.05) is 29.2 Å². The van der Waals surface area contributed by atoms with Gasteiger partial charge in [-0.3, -0.25) is 0 Å². The number of rotatable bonds is 4. The van der Waals surface area contributed by atoms with Crippen molar-refractivity contribution >= 4 is 22.6 Å². The van der Waals surface area contributed by atoms with Crippen LogP contribution >= 0.6 is 0 Å². The molecule has 0 aliphatic heterocycles. The van der Waals surface area contributed by atoms with Crippen LogP contribution in [0, 0.1) is 17.1 Å². The van der Waals surface area contributed by atoms with Gasteiger partial charge >= 0.3 is 0 Å². The highest BCUT2D eigenvalue weighted by Crippen LogP contribution is 2.26. The van der Waals surface area contributed by atoms with Crippen LogP contribution in [0.25, 0.3) is 22.6 Å². The molecule has 0 radical (unpaired) electrons. The predicted molar refractivity (Wildman–Crippen MR) is 92.0 cm³/mol. The van der Waals surface area contributed by atoms with Gasteiger partial charge in [-0.15, -0.1) is 6.58 Å². The molecule has 112 valence electrons. The first-order valence-electron chi connectivity index (χ1n) is 7.29. The molecule has 1 aromatic heterocycles. The predicted octanol–water partition coefficient (Wildman–Crippen LogP) is 5.03. The molecule has 0 amide bonds. The van der Waals surface area contributed by atoms with Crippen molar-refractivity contribution in [3.05, 3.63) is 84.3 Å².